The highest BCUT2D eigenvalue weighted by Crippen LogP contribution is 2.28. The molecule has 1 amide bonds. The van der Waals surface area contributed by atoms with E-state index in [-0.39, 0.29) is 36.6 Å². The van der Waals surface area contributed by atoms with E-state index in [1.165, 1.54) is 18.7 Å². The second kappa shape index (κ2) is 10.5. The number of aromatic nitrogens is 5. The van der Waals surface area contributed by atoms with Crippen LogP contribution < -0.4 is 5.32 Å². The Morgan fingerprint density at radius 3 is 2.67 bits per heavy atom. The van der Waals surface area contributed by atoms with E-state index in [0.717, 1.165) is 0 Å². The number of halogens is 2. The lowest BCUT2D eigenvalue weighted by Gasteiger charge is -2.18. The first-order chi connectivity index (χ1) is 12.1. The number of ether oxygens (including phenoxy) is 1. The largest absolute Gasteiger partial charge is 0.390 e. The summed E-state index contributed by atoms with van der Waals surface area (Å²) in [5.41, 5.74) is 0.984. The first-order valence-electron chi connectivity index (χ1n) is 7.88. The number of hydrogen-bond donors (Lipinski definition) is 3. The van der Waals surface area contributed by atoms with Crippen LogP contribution in [0.5, 0.6) is 0 Å². The number of carbonyl (C=O) groups is 1. The van der Waals surface area contributed by atoms with Crippen molar-refractivity contribution in [1.29, 1.82) is 0 Å². The fourth-order valence-electron chi connectivity index (χ4n) is 3.00. The van der Waals surface area contributed by atoms with Crippen molar-refractivity contribution in [3.63, 3.8) is 0 Å². The molecule has 1 aliphatic carbocycles. The van der Waals surface area contributed by atoms with Crippen molar-refractivity contribution in [2.24, 2.45) is 5.92 Å². The molecule has 3 N–H and O–H groups in total. The van der Waals surface area contributed by atoms with Gasteiger partial charge in [-0.15, -0.1) is 29.9 Å². The summed E-state index contributed by atoms with van der Waals surface area (Å²) in [5.74, 6) is -0.648. The van der Waals surface area contributed by atoms with Crippen molar-refractivity contribution in [3.05, 3.63) is 36.2 Å². The summed E-state index contributed by atoms with van der Waals surface area (Å²) in [6.07, 6.45) is 4.25. The molecule has 2 heterocycles. The zero-order valence-corrected chi connectivity index (χ0v) is 16.1. The molecule has 0 bridgehead atoms. The standard InChI is InChI=1S/C15H20N6O4.2ClH/c1-25-7-11-6-21(20-19-11)5-9-2-12(14(23)13(9)22)18-15(24)10-3-16-8-17-4-10;;/h3-4,6,8-9,12-14,22-23H,2,5,7H2,1H3,(H,18,24);2*1H/t9-,12-,13-,14+;;/m1../s1. The minimum Gasteiger partial charge on any atom is -0.390 e. The van der Waals surface area contributed by atoms with Gasteiger partial charge in [-0.25, -0.2) is 9.97 Å². The summed E-state index contributed by atoms with van der Waals surface area (Å²) in [5, 5.41) is 31.2. The number of aliphatic hydroxyl groups excluding tert-OH is 2. The molecule has 0 aromatic carbocycles. The lowest BCUT2D eigenvalue weighted by atomic mass is 10.1. The summed E-state index contributed by atoms with van der Waals surface area (Å²) in [6, 6.07) is -0.560. The summed E-state index contributed by atoms with van der Waals surface area (Å²) >= 11 is 0. The maximum atomic E-state index is 12.2. The van der Waals surface area contributed by atoms with Crippen molar-refractivity contribution >= 4 is 30.7 Å². The third-order valence-corrected chi connectivity index (χ3v) is 4.24. The molecule has 27 heavy (non-hydrogen) atoms. The minimum absolute atomic E-state index is 0. The molecule has 0 saturated heterocycles. The van der Waals surface area contributed by atoms with Gasteiger partial charge in [0.15, 0.2) is 0 Å². The highest BCUT2D eigenvalue weighted by molar-refractivity contribution is 5.93. The SMILES string of the molecule is COCc1cn(C[C@H]2C[C@@H](NC(=O)c3cncnc3)[C@H](O)[C@@H]2O)nn1.Cl.Cl. The minimum atomic E-state index is -1.06. The molecule has 2 aromatic heterocycles. The molecule has 10 nitrogen and oxygen atoms in total. The van der Waals surface area contributed by atoms with Crippen LogP contribution in [0.25, 0.3) is 0 Å². The molecule has 3 rings (SSSR count). The Morgan fingerprint density at radius 1 is 1.30 bits per heavy atom. The second-order valence-corrected chi connectivity index (χ2v) is 6.05. The van der Waals surface area contributed by atoms with Gasteiger partial charge < -0.3 is 20.3 Å². The number of methoxy groups -OCH3 is 1. The van der Waals surface area contributed by atoms with Gasteiger partial charge >= 0.3 is 0 Å². The van der Waals surface area contributed by atoms with Crippen molar-refractivity contribution in [1.82, 2.24) is 30.3 Å². The Kier molecular flexibility index (Phi) is 9.00. The second-order valence-electron chi connectivity index (χ2n) is 6.05. The molecule has 1 saturated carbocycles. The lowest BCUT2D eigenvalue weighted by Crippen LogP contribution is -2.43. The van der Waals surface area contributed by atoms with Crippen LogP contribution in [0.1, 0.15) is 22.5 Å². The first kappa shape index (κ1) is 23.2. The van der Waals surface area contributed by atoms with Gasteiger partial charge in [0.25, 0.3) is 5.91 Å². The Bertz CT molecular complexity index is 719. The van der Waals surface area contributed by atoms with Crippen LogP contribution in [-0.2, 0) is 17.9 Å². The molecule has 12 heteroatoms. The van der Waals surface area contributed by atoms with Gasteiger partial charge in [0, 0.05) is 32.0 Å². The van der Waals surface area contributed by atoms with Gasteiger partial charge in [-0.05, 0) is 6.42 Å². The predicted molar refractivity (Wildman–Crippen MR) is 98.6 cm³/mol. The number of aliphatic hydroxyl groups is 2. The monoisotopic (exact) mass is 420 g/mol. The van der Waals surface area contributed by atoms with Gasteiger partial charge in [0.1, 0.15) is 18.1 Å². The van der Waals surface area contributed by atoms with E-state index in [0.29, 0.717) is 30.8 Å². The van der Waals surface area contributed by atoms with E-state index < -0.39 is 18.2 Å². The Hall–Kier alpha value is -1.85. The van der Waals surface area contributed by atoms with Gasteiger partial charge in [-0.2, -0.15) is 0 Å². The van der Waals surface area contributed by atoms with Crippen molar-refractivity contribution < 1.29 is 19.7 Å². The molecular weight excluding hydrogens is 399 g/mol. The predicted octanol–water partition coefficient (Wildman–Crippen LogP) is -0.402. The maximum Gasteiger partial charge on any atom is 0.254 e. The number of carbonyl (C=O) groups excluding carboxylic acids is 1. The first-order valence-corrected chi connectivity index (χ1v) is 7.88. The molecule has 150 valence electrons. The Balaban J connectivity index is 0.00000182. The van der Waals surface area contributed by atoms with E-state index >= 15 is 0 Å². The lowest BCUT2D eigenvalue weighted by molar-refractivity contribution is 0.00761. The highest BCUT2D eigenvalue weighted by atomic mass is 35.5. The average Bonchev–Trinajstić information content (AvgIpc) is 3.16. The fraction of sp³-hybridized carbons (Fsp3) is 0.533. The number of hydrogen-bond acceptors (Lipinski definition) is 8. The highest BCUT2D eigenvalue weighted by Gasteiger charge is 2.42. The number of rotatable bonds is 6. The van der Waals surface area contributed by atoms with Crippen LogP contribution >= 0.6 is 24.8 Å². The smallest absolute Gasteiger partial charge is 0.254 e. The molecule has 1 fully saturated rings. The molecule has 0 radical (unpaired) electrons. The zero-order valence-electron chi connectivity index (χ0n) is 14.5. The van der Waals surface area contributed by atoms with Crippen molar-refractivity contribution in [3.8, 4) is 0 Å². The topological polar surface area (TPSA) is 135 Å². The van der Waals surface area contributed by atoms with Gasteiger partial charge in [-0.1, -0.05) is 5.21 Å². The van der Waals surface area contributed by atoms with Crippen LogP contribution in [-0.4, -0.2) is 66.4 Å². The van der Waals surface area contributed by atoms with E-state index in [9.17, 15) is 15.0 Å². The van der Waals surface area contributed by atoms with Crippen LogP contribution in [0.15, 0.2) is 24.9 Å². The van der Waals surface area contributed by atoms with E-state index in [4.69, 9.17) is 4.74 Å². The fourth-order valence-corrected chi connectivity index (χ4v) is 3.00. The van der Waals surface area contributed by atoms with E-state index in [1.807, 2.05) is 0 Å². The van der Waals surface area contributed by atoms with Crippen LogP contribution in [0.4, 0.5) is 0 Å². The summed E-state index contributed by atoms with van der Waals surface area (Å²) in [7, 11) is 1.57. The maximum absolute atomic E-state index is 12.2. The molecule has 0 spiro atoms. The Morgan fingerprint density at radius 2 is 2.00 bits per heavy atom. The molecule has 0 aliphatic heterocycles. The molecule has 4 atom stereocenters. The van der Waals surface area contributed by atoms with Crippen molar-refractivity contribution in [2.75, 3.05) is 7.11 Å². The summed E-state index contributed by atoms with van der Waals surface area (Å²) in [6.45, 7) is 0.740. The molecule has 2 aromatic rings. The average molecular weight is 421 g/mol. The number of amides is 1. The van der Waals surface area contributed by atoms with E-state index in [2.05, 4.69) is 25.6 Å². The summed E-state index contributed by atoms with van der Waals surface area (Å²) in [4.78, 5) is 19.7. The van der Waals surface area contributed by atoms with Gasteiger partial charge in [0.2, 0.25) is 0 Å². The number of nitrogens with zero attached hydrogens (tertiary/aromatic N) is 5. The van der Waals surface area contributed by atoms with Crippen LogP contribution in [0, 0.1) is 5.92 Å². The number of nitrogens with one attached hydrogen (secondary N) is 1. The quantitative estimate of drug-likeness (QED) is 0.574. The van der Waals surface area contributed by atoms with Gasteiger partial charge in [0.05, 0.1) is 30.5 Å². The van der Waals surface area contributed by atoms with E-state index in [1.54, 1.807) is 18.0 Å². The Labute approximate surface area is 168 Å². The van der Waals surface area contributed by atoms with Crippen LogP contribution in [0.2, 0.25) is 0 Å². The van der Waals surface area contributed by atoms with Crippen LogP contribution in [0.3, 0.4) is 0 Å². The molecular formula is C15H22Cl2N6O4. The summed E-state index contributed by atoms with van der Waals surface area (Å²) < 4.78 is 6.59. The zero-order chi connectivity index (χ0) is 17.8. The molecule has 1 aliphatic rings. The third kappa shape index (κ3) is 5.56. The third-order valence-electron chi connectivity index (χ3n) is 4.24. The van der Waals surface area contributed by atoms with Gasteiger partial charge in [-0.3, -0.25) is 9.48 Å². The normalized spacial score (nSPS) is 24.0. The molecule has 0 unspecified atom stereocenters. The van der Waals surface area contributed by atoms with Crippen molar-refractivity contribution in [2.45, 2.75) is 37.8 Å².